The average molecular weight is 208 g/mol. The Morgan fingerprint density at radius 2 is 2.14 bits per heavy atom. The largest absolute Gasteiger partial charge is 0.359 e. The maximum Gasteiger partial charge on any atom is 0.199 e. The Morgan fingerprint density at radius 1 is 1.36 bits per heavy atom. The summed E-state index contributed by atoms with van der Waals surface area (Å²) >= 11 is 5.87. The van der Waals surface area contributed by atoms with Crippen LogP contribution in [0, 0.1) is 0 Å². The van der Waals surface area contributed by atoms with Crippen molar-refractivity contribution in [2.45, 2.75) is 0 Å². The van der Waals surface area contributed by atoms with Gasteiger partial charge in [-0.05, 0) is 12.1 Å². The van der Waals surface area contributed by atoms with Gasteiger partial charge in [0.15, 0.2) is 11.7 Å². The molecule has 1 N–H and O–H groups in total. The summed E-state index contributed by atoms with van der Waals surface area (Å²) in [6.45, 7) is 0. The first-order valence-electron chi connectivity index (χ1n) is 3.99. The topological polar surface area (TPSA) is 49.9 Å². The summed E-state index contributed by atoms with van der Waals surface area (Å²) in [7, 11) is 0. The molecule has 0 aliphatic rings. The number of nitrogens with one attached hydrogen (secondary N) is 1. The zero-order valence-corrected chi connectivity index (χ0v) is 7.84. The van der Waals surface area contributed by atoms with Crippen LogP contribution in [0.5, 0.6) is 0 Å². The number of hydrogen-bond donors (Lipinski definition) is 1. The van der Waals surface area contributed by atoms with Crippen LogP contribution in [0.15, 0.2) is 29.2 Å². The molecule has 0 aliphatic carbocycles. The monoisotopic (exact) mass is 207 g/mol. The number of aromatic nitrogens is 1. The fraction of sp³-hybridized carbons (Fsp3) is 0. The summed E-state index contributed by atoms with van der Waals surface area (Å²) in [5, 5.41) is 0.902. The minimum Gasteiger partial charge on any atom is -0.359 e. The van der Waals surface area contributed by atoms with Crippen LogP contribution in [0.25, 0.3) is 10.9 Å². The van der Waals surface area contributed by atoms with E-state index in [0.717, 1.165) is 0 Å². The summed E-state index contributed by atoms with van der Waals surface area (Å²) in [6.07, 6.45) is 1.89. The molecule has 2 rings (SSSR count). The molecule has 0 fully saturated rings. The lowest BCUT2D eigenvalue weighted by atomic mass is 10.1. The molecule has 70 valence electrons. The number of halogens is 1. The van der Waals surface area contributed by atoms with E-state index >= 15 is 0 Å². The van der Waals surface area contributed by atoms with Gasteiger partial charge in [0.05, 0.1) is 16.1 Å². The van der Waals surface area contributed by atoms with Crippen LogP contribution in [-0.2, 0) is 0 Å². The van der Waals surface area contributed by atoms with E-state index in [4.69, 9.17) is 11.6 Å². The molecule has 2 aromatic rings. The standard InChI is InChI=1S/C10H6ClNO2/c11-8-3-1-2-7-9(8)12-4-6(5-13)10(7)14/h1-5H,(H,12,14). The minimum atomic E-state index is -0.295. The number of H-pyrrole nitrogens is 1. The first kappa shape index (κ1) is 8.97. The van der Waals surface area contributed by atoms with Gasteiger partial charge in [-0.1, -0.05) is 17.7 Å². The van der Waals surface area contributed by atoms with Gasteiger partial charge >= 0.3 is 0 Å². The Morgan fingerprint density at radius 3 is 2.86 bits per heavy atom. The molecule has 1 aromatic carbocycles. The highest BCUT2D eigenvalue weighted by Gasteiger charge is 2.05. The second-order valence-corrected chi connectivity index (χ2v) is 3.26. The number of hydrogen-bond acceptors (Lipinski definition) is 2. The first-order valence-corrected chi connectivity index (χ1v) is 4.37. The van der Waals surface area contributed by atoms with Crippen molar-refractivity contribution in [1.82, 2.24) is 4.98 Å². The normalized spacial score (nSPS) is 10.4. The van der Waals surface area contributed by atoms with Crippen LogP contribution in [0.2, 0.25) is 5.02 Å². The van der Waals surface area contributed by atoms with Gasteiger partial charge in [-0.15, -0.1) is 0 Å². The molecule has 0 aliphatic heterocycles. The number of pyridine rings is 1. The molecule has 0 radical (unpaired) electrons. The second-order valence-electron chi connectivity index (χ2n) is 2.85. The molecule has 1 aromatic heterocycles. The van der Waals surface area contributed by atoms with Gasteiger partial charge in [0.1, 0.15) is 0 Å². The smallest absolute Gasteiger partial charge is 0.199 e. The lowest BCUT2D eigenvalue weighted by molar-refractivity contribution is 0.112. The Labute approximate surface area is 84.3 Å². The molecule has 3 nitrogen and oxygen atoms in total. The molecule has 14 heavy (non-hydrogen) atoms. The maximum atomic E-state index is 11.6. The van der Waals surface area contributed by atoms with Gasteiger partial charge in [0, 0.05) is 11.6 Å². The van der Waals surface area contributed by atoms with Crippen LogP contribution in [-0.4, -0.2) is 11.3 Å². The zero-order valence-electron chi connectivity index (χ0n) is 7.08. The molecule has 0 spiro atoms. The predicted molar refractivity (Wildman–Crippen MR) is 55.0 cm³/mol. The van der Waals surface area contributed by atoms with E-state index in [0.29, 0.717) is 22.2 Å². The maximum absolute atomic E-state index is 11.6. The predicted octanol–water partition coefficient (Wildman–Crippen LogP) is 1.99. The van der Waals surface area contributed by atoms with Gasteiger partial charge in [0.25, 0.3) is 0 Å². The minimum absolute atomic E-state index is 0.111. The summed E-state index contributed by atoms with van der Waals surface area (Å²) in [5.41, 5.74) is 0.376. The van der Waals surface area contributed by atoms with Gasteiger partial charge in [-0.2, -0.15) is 0 Å². The average Bonchev–Trinajstić information content (AvgIpc) is 2.20. The van der Waals surface area contributed by atoms with Gasteiger partial charge < -0.3 is 4.98 Å². The van der Waals surface area contributed by atoms with Gasteiger partial charge in [-0.3, -0.25) is 9.59 Å². The highest BCUT2D eigenvalue weighted by Crippen LogP contribution is 2.18. The van der Waals surface area contributed by atoms with Crippen LogP contribution in [0.3, 0.4) is 0 Å². The quantitative estimate of drug-likeness (QED) is 0.727. The summed E-state index contributed by atoms with van der Waals surface area (Å²) in [5.74, 6) is 0. The number of rotatable bonds is 1. The van der Waals surface area contributed by atoms with Crippen LogP contribution < -0.4 is 5.43 Å². The van der Waals surface area contributed by atoms with Crippen molar-refractivity contribution in [1.29, 1.82) is 0 Å². The zero-order chi connectivity index (χ0) is 10.1. The lowest BCUT2D eigenvalue weighted by Crippen LogP contribution is -2.08. The molecular weight excluding hydrogens is 202 g/mol. The number of benzene rings is 1. The third kappa shape index (κ3) is 1.22. The third-order valence-corrected chi connectivity index (χ3v) is 2.33. The molecule has 0 unspecified atom stereocenters. The number of aldehydes is 1. The first-order chi connectivity index (χ1) is 6.74. The van der Waals surface area contributed by atoms with Gasteiger partial charge in [0.2, 0.25) is 0 Å². The van der Waals surface area contributed by atoms with E-state index in [1.165, 1.54) is 6.20 Å². The van der Waals surface area contributed by atoms with Crippen molar-refractivity contribution in [3.63, 3.8) is 0 Å². The van der Waals surface area contributed by atoms with Crippen molar-refractivity contribution >= 4 is 28.8 Å². The molecule has 0 saturated carbocycles. The van der Waals surface area contributed by atoms with E-state index in [2.05, 4.69) is 4.98 Å². The van der Waals surface area contributed by atoms with Crippen LogP contribution in [0.1, 0.15) is 10.4 Å². The Hall–Kier alpha value is -1.61. The fourth-order valence-corrected chi connectivity index (χ4v) is 1.55. The van der Waals surface area contributed by atoms with Gasteiger partial charge in [-0.25, -0.2) is 0 Å². The number of aromatic amines is 1. The number of carbonyl (C=O) groups excluding carboxylic acids is 1. The fourth-order valence-electron chi connectivity index (χ4n) is 1.32. The summed E-state index contributed by atoms with van der Waals surface area (Å²) < 4.78 is 0. The third-order valence-electron chi connectivity index (χ3n) is 2.02. The lowest BCUT2D eigenvalue weighted by Gasteiger charge is -1.99. The Balaban J connectivity index is 2.98. The number of fused-ring (bicyclic) bond motifs is 1. The highest BCUT2D eigenvalue weighted by molar-refractivity contribution is 6.35. The Kier molecular flexibility index (Phi) is 2.09. The molecule has 0 amide bonds. The van der Waals surface area contributed by atoms with E-state index in [9.17, 15) is 9.59 Å². The van der Waals surface area contributed by atoms with Crippen molar-refractivity contribution in [3.05, 3.63) is 45.2 Å². The van der Waals surface area contributed by atoms with Crippen LogP contribution >= 0.6 is 11.6 Å². The van der Waals surface area contributed by atoms with E-state index in [1.807, 2.05) is 0 Å². The van der Waals surface area contributed by atoms with E-state index < -0.39 is 0 Å². The molecule has 0 saturated heterocycles. The Bertz CT molecular complexity index is 560. The molecule has 0 bridgehead atoms. The summed E-state index contributed by atoms with van der Waals surface area (Å²) in [4.78, 5) is 24.9. The SMILES string of the molecule is O=Cc1c[nH]c2c(Cl)cccc2c1=O. The molecule has 0 atom stereocenters. The second kappa shape index (κ2) is 3.27. The van der Waals surface area contributed by atoms with E-state index in [1.54, 1.807) is 18.2 Å². The molecule has 1 heterocycles. The van der Waals surface area contributed by atoms with Crippen molar-refractivity contribution in [3.8, 4) is 0 Å². The van der Waals surface area contributed by atoms with Crippen LogP contribution in [0.4, 0.5) is 0 Å². The summed E-state index contributed by atoms with van der Waals surface area (Å²) in [6, 6.07) is 4.99. The number of para-hydroxylation sites is 1. The van der Waals surface area contributed by atoms with E-state index in [-0.39, 0.29) is 11.0 Å². The van der Waals surface area contributed by atoms with Crippen molar-refractivity contribution in [2.24, 2.45) is 0 Å². The highest BCUT2D eigenvalue weighted by atomic mass is 35.5. The van der Waals surface area contributed by atoms with Crippen molar-refractivity contribution < 1.29 is 4.79 Å². The molecule has 4 heteroatoms. The number of carbonyl (C=O) groups is 1. The molecular formula is C10H6ClNO2. The van der Waals surface area contributed by atoms with Crippen molar-refractivity contribution in [2.75, 3.05) is 0 Å².